The van der Waals surface area contributed by atoms with Gasteiger partial charge in [0.1, 0.15) is 0 Å². The molecule has 1 heterocycles. The van der Waals surface area contributed by atoms with E-state index in [0.717, 1.165) is 18.0 Å². The second-order valence-electron chi connectivity index (χ2n) is 6.20. The third-order valence-electron chi connectivity index (χ3n) is 4.65. The lowest BCUT2D eigenvalue weighted by atomic mass is 9.93. The van der Waals surface area contributed by atoms with E-state index in [1.54, 1.807) is 0 Å². The van der Waals surface area contributed by atoms with E-state index in [-0.39, 0.29) is 0 Å². The molecule has 4 nitrogen and oxygen atoms in total. The molecule has 1 aliphatic heterocycles. The molecule has 2 unspecified atom stereocenters. The molecule has 0 bridgehead atoms. The summed E-state index contributed by atoms with van der Waals surface area (Å²) in [5.74, 6) is 1.01. The van der Waals surface area contributed by atoms with Crippen molar-refractivity contribution in [2.45, 2.75) is 69.6 Å². The monoisotopic (exact) mass is 250 g/mol. The Labute approximate surface area is 110 Å². The Hall–Kier alpha value is -0.770. The largest absolute Gasteiger partial charge is 0.354 e. The lowest BCUT2D eigenvalue weighted by Gasteiger charge is -2.29. The molecule has 18 heavy (non-hydrogen) atoms. The lowest BCUT2D eigenvalue weighted by Crippen LogP contribution is -2.50. The summed E-state index contributed by atoms with van der Waals surface area (Å²) in [6, 6.07) is 2.85. The SMILES string of the molecule is CN=C(NC1CCC1)NC1CC(C)N(C2CC2)C1. The molecule has 2 N–H and O–H groups in total. The second kappa shape index (κ2) is 5.08. The summed E-state index contributed by atoms with van der Waals surface area (Å²) in [6.07, 6.45) is 8.04. The summed E-state index contributed by atoms with van der Waals surface area (Å²) in [5.41, 5.74) is 0. The van der Waals surface area contributed by atoms with Gasteiger partial charge in [0, 0.05) is 37.8 Å². The Morgan fingerprint density at radius 3 is 2.39 bits per heavy atom. The number of nitrogens with one attached hydrogen (secondary N) is 2. The van der Waals surface area contributed by atoms with E-state index in [2.05, 4.69) is 27.4 Å². The van der Waals surface area contributed by atoms with Crippen molar-refractivity contribution in [3.05, 3.63) is 0 Å². The molecule has 0 amide bonds. The quantitative estimate of drug-likeness (QED) is 0.586. The first-order valence-corrected chi connectivity index (χ1v) is 7.52. The average Bonchev–Trinajstić information content (AvgIpc) is 3.07. The number of hydrogen-bond acceptors (Lipinski definition) is 2. The minimum Gasteiger partial charge on any atom is -0.354 e. The number of guanidine groups is 1. The van der Waals surface area contributed by atoms with Crippen LogP contribution in [0.2, 0.25) is 0 Å². The maximum absolute atomic E-state index is 4.36. The van der Waals surface area contributed by atoms with Crippen molar-refractivity contribution in [1.29, 1.82) is 0 Å². The van der Waals surface area contributed by atoms with E-state index < -0.39 is 0 Å². The first-order chi connectivity index (χ1) is 8.76. The molecular formula is C14H26N4. The van der Waals surface area contributed by atoms with Crippen molar-refractivity contribution >= 4 is 5.96 Å². The first kappa shape index (κ1) is 12.3. The van der Waals surface area contributed by atoms with Gasteiger partial charge in [0.2, 0.25) is 0 Å². The fourth-order valence-corrected chi connectivity index (χ4v) is 3.19. The van der Waals surface area contributed by atoms with Crippen molar-refractivity contribution in [3.63, 3.8) is 0 Å². The molecule has 3 rings (SSSR count). The third-order valence-corrected chi connectivity index (χ3v) is 4.65. The minimum atomic E-state index is 0.576. The van der Waals surface area contributed by atoms with E-state index in [1.165, 1.54) is 45.1 Å². The zero-order valence-corrected chi connectivity index (χ0v) is 11.7. The summed E-state index contributed by atoms with van der Waals surface area (Å²) in [7, 11) is 1.88. The number of hydrogen-bond donors (Lipinski definition) is 2. The molecule has 0 aromatic carbocycles. The summed E-state index contributed by atoms with van der Waals surface area (Å²) in [4.78, 5) is 7.03. The molecule has 2 saturated carbocycles. The summed E-state index contributed by atoms with van der Waals surface area (Å²) >= 11 is 0. The molecule has 0 aromatic rings. The van der Waals surface area contributed by atoms with Crippen LogP contribution in [0, 0.1) is 0 Å². The maximum Gasteiger partial charge on any atom is 0.191 e. The van der Waals surface area contributed by atoms with Crippen LogP contribution in [0.3, 0.4) is 0 Å². The van der Waals surface area contributed by atoms with Crippen LogP contribution in [0.25, 0.3) is 0 Å². The highest BCUT2D eigenvalue weighted by Gasteiger charge is 2.39. The van der Waals surface area contributed by atoms with Gasteiger partial charge in [-0.2, -0.15) is 0 Å². The average molecular weight is 250 g/mol. The van der Waals surface area contributed by atoms with E-state index >= 15 is 0 Å². The van der Waals surface area contributed by atoms with Crippen molar-refractivity contribution in [2.24, 2.45) is 4.99 Å². The Morgan fingerprint density at radius 1 is 1.11 bits per heavy atom. The molecule has 0 radical (unpaired) electrons. The van der Waals surface area contributed by atoms with E-state index in [9.17, 15) is 0 Å². The van der Waals surface area contributed by atoms with Gasteiger partial charge in [0.25, 0.3) is 0 Å². The van der Waals surface area contributed by atoms with Crippen molar-refractivity contribution in [2.75, 3.05) is 13.6 Å². The molecule has 1 saturated heterocycles. The van der Waals surface area contributed by atoms with Crippen molar-refractivity contribution in [3.8, 4) is 0 Å². The Morgan fingerprint density at radius 2 is 1.83 bits per heavy atom. The molecule has 4 heteroatoms. The van der Waals surface area contributed by atoms with Gasteiger partial charge in [-0.15, -0.1) is 0 Å². The highest BCUT2D eigenvalue weighted by Crippen LogP contribution is 2.33. The number of rotatable bonds is 3. The zero-order chi connectivity index (χ0) is 12.5. The maximum atomic E-state index is 4.36. The topological polar surface area (TPSA) is 39.7 Å². The van der Waals surface area contributed by atoms with Gasteiger partial charge < -0.3 is 10.6 Å². The zero-order valence-electron chi connectivity index (χ0n) is 11.7. The minimum absolute atomic E-state index is 0.576. The second-order valence-corrected chi connectivity index (χ2v) is 6.20. The predicted octanol–water partition coefficient (Wildman–Crippen LogP) is 1.33. The van der Waals surface area contributed by atoms with Crippen LogP contribution >= 0.6 is 0 Å². The highest BCUT2D eigenvalue weighted by molar-refractivity contribution is 5.80. The Bertz CT molecular complexity index is 320. The molecule has 0 spiro atoms. The van der Waals surface area contributed by atoms with E-state index in [1.807, 2.05) is 7.05 Å². The summed E-state index contributed by atoms with van der Waals surface area (Å²) < 4.78 is 0. The van der Waals surface area contributed by atoms with E-state index in [0.29, 0.717) is 12.1 Å². The number of aliphatic imine (C=N–C) groups is 1. The van der Waals surface area contributed by atoms with Gasteiger partial charge in [-0.25, -0.2) is 0 Å². The number of nitrogens with zero attached hydrogens (tertiary/aromatic N) is 2. The van der Waals surface area contributed by atoms with Gasteiger partial charge in [-0.3, -0.25) is 9.89 Å². The predicted molar refractivity (Wildman–Crippen MR) is 74.9 cm³/mol. The Kier molecular flexibility index (Phi) is 3.46. The summed E-state index contributed by atoms with van der Waals surface area (Å²) in [5, 5.41) is 7.13. The summed E-state index contributed by atoms with van der Waals surface area (Å²) in [6.45, 7) is 3.55. The fraction of sp³-hybridized carbons (Fsp3) is 0.929. The van der Waals surface area contributed by atoms with Gasteiger partial charge in [0.05, 0.1) is 0 Å². The van der Waals surface area contributed by atoms with Crippen LogP contribution in [0.1, 0.15) is 45.4 Å². The lowest BCUT2D eigenvalue weighted by molar-refractivity contribution is 0.256. The smallest absolute Gasteiger partial charge is 0.191 e. The molecule has 2 aliphatic carbocycles. The molecule has 2 atom stereocenters. The molecular weight excluding hydrogens is 224 g/mol. The van der Waals surface area contributed by atoms with Crippen molar-refractivity contribution < 1.29 is 0 Å². The van der Waals surface area contributed by atoms with Crippen LogP contribution in [0.5, 0.6) is 0 Å². The van der Waals surface area contributed by atoms with Crippen LogP contribution in [0.15, 0.2) is 4.99 Å². The first-order valence-electron chi connectivity index (χ1n) is 7.52. The third kappa shape index (κ3) is 2.63. The van der Waals surface area contributed by atoms with Crippen molar-refractivity contribution in [1.82, 2.24) is 15.5 Å². The van der Waals surface area contributed by atoms with Crippen LogP contribution in [-0.4, -0.2) is 48.6 Å². The van der Waals surface area contributed by atoms with Gasteiger partial charge in [-0.1, -0.05) is 0 Å². The van der Waals surface area contributed by atoms with Gasteiger partial charge in [0.15, 0.2) is 5.96 Å². The van der Waals surface area contributed by atoms with Crippen LogP contribution in [0.4, 0.5) is 0 Å². The molecule has 3 fully saturated rings. The molecule has 102 valence electrons. The normalized spacial score (nSPS) is 34.4. The molecule has 3 aliphatic rings. The fourth-order valence-electron chi connectivity index (χ4n) is 3.19. The van der Waals surface area contributed by atoms with Crippen LogP contribution < -0.4 is 10.6 Å². The van der Waals surface area contributed by atoms with Gasteiger partial charge >= 0.3 is 0 Å². The Balaban J connectivity index is 1.49. The van der Waals surface area contributed by atoms with Crippen LogP contribution in [-0.2, 0) is 0 Å². The van der Waals surface area contributed by atoms with Gasteiger partial charge in [-0.05, 0) is 45.4 Å². The van der Waals surface area contributed by atoms with E-state index in [4.69, 9.17) is 0 Å². The molecule has 0 aromatic heterocycles. The standard InChI is InChI=1S/C14H26N4/c1-10-8-12(9-18(10)13-6-7-13)17-14(15-2)16-11-4-3-5-11/h10-13H,3-9H2,1-2H3,(H2,15,16,17). The highest BCUT2D eigenvalue weighted by atomic mass is 15.3. The number of likely N-dealkylation sites (tertiary alicyclic amines) is 1.